The molecule has 3 aromatic heterocycles. The SMILES string of the molecule is CC(C)Oc1ccc(N2C(=S)N[C@@H](c3ccccn3)[C@@H]2c2cccn2-c2ccncc2)cc1. The summed E-state index contributed by atoms with van der Waals surface area (Å²) in [5.74, 6) is 0.838. The molecule has 5 rings (SSSR count). The summed E-state index contributed by atoms with van der Waals surface area (Å²) in [6.45, 7) is 4.04. The third-order valence-electron chi connectivity index (χ3n) is 5.61. The topological polar surface area (TPSA) is 55.2 Å². The lowest BCUT2D eigenvalue weighted by Crippen LogP contribution is -2.30. The van der Waals surface area contributed by atoms with Crippen LogP contribution in [0.25, 0.3) is 5.69 Å². The van der Waals surface area contributed by atoms with Crippen LogP contribution in [0.1, 0.15) is 37.3 Å². The second-order valence-electron chi connectivity index (χ2n) is 8.17. The Kier molecular flexibility index (Phi) is 5.79. The minimum Gasteiger partial charge on any atom is -0.491 e. The monoisotopic (exact) mass is 455 g/mol. The normalized spacial score (nSPS) is 17.9. The van der Waals surface area contributed by atoms with E-state index in [9.17, 15) is 0 Å². The summed E-state index contributed by atoms with van der Waals surface area (Å²) in [6, 6.07) is 22.1. The number of thiocarbonyl (C=S) groups is 1. The average Bonchev–Trinajstić information content (AvgIpc) is 3.45. The van der Waals surface area contributed by atoms with E-state index in [2.05, 4.69) is 55.2 Å². The zero-order chi connectivity index (χ0) is 22.8. The molecule has 0 radical (unpaired) electrons. The highest BCUT2D eigenvalue weighted by atomic mass is 32.1. The van der Waals surface area contributed by atoms with Crippen LogP contribution in [-0.2, 0) is 0 Å². The van der Waals surface area contributed by atoms with Crippen LogP contribution in [0.5, 0.6) is 5.75 Å². The van der Waals surface area contributed by atoms with Crippen LogP contribution in [0.4, 0.5) is 5.69 Å². The van der Waals surface area contributed by atoms with Crippen molar-refractivity contribution in [1.29, 1.82) is 0 Å². The minimum absolute atomic E-state index is 0.104. The molecule has 0 aliphatic carbocycles. The molecule has 166 valence electrons. The van der Waals surface area contributed by atoms with Gasteiger partial charge in [-0.05, 0) is 86.7 Å². The van der Waals surface area contributed by atoms with Crippen molar-refractivity contribution in [1.82, 2.24) is 19.9 Å². The first-order chi connectivity index (χ1) is 16.1. The summed E-state index contributed by atoms with van der Waals surface area (Å²) in [5, 5.41) is 4.18. The largest absolute Gasteiger partial charge is 0.491 e. The van der Waals surface area contributed by atoms with E-state index in [1.54, 1.807) is 12.4 Å². The first-order valence-corrected chi connectivity index (χ1v) is 11.4. The Morgan fingerprint density at radius 1 is 0.909 bits per heavy atom. The predicted molar refractivity (Wildman–Crippen MR) is 134 cm³/mol. The van der Waals surface area contributed by atoms with E-state index in [-0.39, 0.29) is 18.2 Å². The van der Waals surface area contributed by atoms with Crippen molar-refractivity contribution < 1.29 is 4.74 Å². The van der Waals surface area contributed by atoms with Crippen molar-refractivity contribution in [2.45, 2.75) is 32.0 Å². The summed E-state index contributed by atoms with van der Waals surface area (Å²) < 4.78 is 8.02. The van der Waals surface area contributed by atoms with E-state index >= 15 is 0 Å². The van der Waals surface area contributed by atoms with Crippen LogP contribution in [0.15, 0.2) is 91.5 Å². The molecule has 0 amide bonds. The molecular weight excluding hydrogens is 430 g/mol. The van der Waals surface area contributed by atoms with Crippen molar-refractivity contribution in [2.24, 2.45) is 0 Å². The molecule has 1 fully saturated rings. The number of hydrogen-bond acceptors (Lipinski definition) is 4. The Bertz CT molecular complexity index is 1220. The maximum Gasteiger partial charge on any atom is 0.174 e. The molecule has 0 spiro atoms. The number of hydrogen-bond donors (Lipinski definition) is 1. The van der Waals surface area contributed by atoms with Gasteiger partial charge < -0.3 is 19.5 Å². The van der Waals surface area contributed by atoms with E-state index in [0.717, 1.165) is 28.5 Å². The third kappa shape index (κ3) is 4.19. The highest BCUT2D eigenvalue weighted by molar-refractivity contribution is 7.80. The van der Waals surface area contributed by atoms with Gasteiger partial charge in [0.2, 0.25) is 0 Å². The van der Waals surface area contributed by atoms with E-state index in [4.69, 9.17) is 17.0 Å². The quantitative estimate of drug-likeness (QED) is 0.402. The number of benzene rings is 1. The molecule has 1 N–H and O–H groups in total. The molecule has 2 atom stereocenters. The van der Waals surface area contributed by atoms with E-state index < -0.39 is 0 Å². The molecule has 1 aliphatic rings. The van der Waals surface area contributed by atoms with Gasteiger partial charge in [0.25, 0.3) is 0 Å². The van der Waals surface area contributed by atoms with Crippen LogP contribution >= 0.6 is 12.2 Å². The maximum absolute atomic E-state index is 5.85. The van der Waals surface area contributed by atoms with Crippen molar-refractivity contribution in [3.05, 3.63) is 103 Å². The van der Waals surface area contributed by atoms with Gasteiger partial charge >= 0.3 is 0 Å². The summed E-state index contributed by atoms with van der Waals surface area (Å²) in [7, 11) is 0. The average molecular weight is 456 g/mol. The van der Waals surface area contributed by atoms with E-state index in [0.29, 0.717) is 5.11 Å². The summed E-state index contributed by atoms with van der Waals surface area (Å²) in [6.07, 6.45) is 7.62. The molecule has 4 heterocycles. The summed E-state index contributed by atoms with van der Waals surface area (Å²) >= 11 is 5.85. The van der Waals surface area contributed by atoms with Gasteiger partial charge in [-0.3, -0.25) is 9.97 Å². The minimum atomic E-state index is -0.110. The predicted octanol–water partition coefficient (Wildman–Crippen LogP) is 5.23. The number of anilines is 1. The van der Waals surface area contributed by atoms with Gasteiger partial charge in [0.05, 0.1) is 17.8 Å². The molecule has 7 heteroatoms. The van der Waals surface area contributed by atoms with Crippen LogP contribution in [0.3, 0.4) is 0 Å². The number of aromatic nitrogens is 3. The summed E-state index contributed by atoms with van der Waals surface area (Å²) in [4.78, 5) is 11.0. The Labute approximate surface area is 198 Å². The van der Waals surface area contributed by atoms with Gasteiger partial charge in [0, 0.05) is 41.9 Å². The molecule has 0 unspecified atom stereocenters. The molecule has 0 bridgehead atoms. The molecular formula is C26H25N5OS. The zero-order valence-corrected chi connectivity index (χ0v) is 19.3. The number of nitrogens with one attached hydrogen (secondary N) is 1. The molecule has 6 nitrogen and oxygen atoms in total. The van der Waals surface area contributed by atoms with Crippen molar-refractivity contribution in [3.63, 3.8) is 0 Å². The fourth-order valence-corrected chi connectivity index (χ4v) is 4.61. The zero-order valence-electron chi connectivity index (χ0n) is 18.5. The Morgan fingerprint density at radius 3 is 2.39 bits per heavy atom. The van der Waals surface area contributed by atoms with Crippen LogP contribution in [0, 0.1) is 0 Å². The molecule has 4 aromatic rings. The fraction of sp³-hybridized carbons (Fsp3) is 0.192. The molecule has 1 saturated heterocycles. The smallest absolute Gasteiger partial charge is 0.174 e. The molecule has 1 aliphatic heterocycles. The highest BCUT2D eigenvalue weighted by Crippen LogP contribution is 2.42. The first-order valence-electron chi connectivity index (χ1n) is 11.0. The number of rotatable bonds is 6. The lowest BCUT2D eigenvalue weighted by Gasteiger charge is -2.29. The lowest BCUT2D eigenvalue weighted by molar-refractivity contribution is 0.242. The van der Waals surface area contributed by atoms with Gasteiger partial charge in [-0.15, -0.1) is 0 Å². The number of pyridine rings is 2. The Hall–Kier alpha value is -3.71. The highest BCUT2D eigenvalue weighted by Gasteiger charge is 2.42. The second kappa shape index (κ2) is 9.03. The van der Waals surface area contributed by atoms with Crippen LogP contribution in [0.2, 0.25) is 0 Å². The molecule has 1 aromatic carbocycles. The van der Waals surface area contributed by atoms with E-state index in [1.165, 1.54) is 0 Å². The molecule has 0 saturated carbocycles. The second-order valence-corrected chi connectivity index (χ2v) is 8.55. The first kappa shape index (κ1) is 21.2. The number of ether oxygens (including phenoxy) is 1. The Morgan fingerprint density at radius 2 is 1.70 bits per heavy atom. The standard InChI is InChI=1S/C26H25N5OS/c1-18(2)32-21-10-8-20(9-11-21)31-25(24(29-26(31)33)22-6-3-4-14-28-22)23-7-5-17-30(23)19-12-15-27-16-13-19/h3-18,24-25H,1-2H3,(H,29,33)/t24-,25-/m0/s1. The molecule has 33 heavy (non-hydrogen) atoms. The summed E-state index contributed by atoms with van der Waals surface area (Å²) in [5.41, 5.74) is 4.08. The van der Waals surface area contributed by atoms with Gasteiger partial charge in [-0.2, -0.15) is 0 Å². The van der Waals surface area contributed by atoms with Gasteiger partial charge in [-0.1, -0.05) is 6.07 Å². The number of nitrogens with zero attached hydrogens (tertiary/aromatic N) is 4. The third-order valence-corrected chi connectivity index (χ3v) is 5.92. The van der Waals surface area contributed by atoms with Crippen molar-refractivity contribution in [2.75, 3.05) is 4.90 Å². The maximum atomic E-state index is 5.85. The van der Waals surface area contributed by atoms with Gasteiger partial charge in [0.15, 0.2) is 5.11 Å². The van der Waals surface area contributed by atoms with Crippen molar-refractivity contribution >= 4 is 23.0 Å². The van der Waals surface area contributed by atoms with E-state index in [1.807, 2.05) is 62.5 Å². The van der Waals surface area contributed by atoms with Crippen molar-refractivity contribution in [3.8, 4) is 11.4 Å². The Balaban J connectivity index is 1.60. The van der Waals surface area contributed by atoms with Crippen LogP contribution < -0.4 is 15.0 Å². The van der Waals surface area contributed by atoms with Gasteiger partial charge in [-0.25, -0.2) is 0 Å². The van der Waals surface area contributed by atoms with Crippen LogP contribution in [-0.4, -0.2) is 25.8 Å². The van der Waals surface area contributed by atoms with Gasteiger partial charge in [0.1, 0.15) is 11.8 Å². The fourth-order valence-electron chi connectivity index (χ4n) is 4.27. The lowest BCUT2D eigenvalue weighted by atomic mass is 10.0.